The van der Waals surface area contributed by atoms with Gasteiger partial charge in [0.15, 0.2) is 0 Å². The fraction of sp³-hybridized carbons (Fsp3) is 0.350. The Morgan fingerprint density at radius 2 is 1.78 bits per heavy atom. The zero-order valence-corrected chi connectivity index (χ0v) is 15.7. The maximum atomic E-state index is 12.4. The van der Waals surface area contributed by atoms with Gasteiger partial charge in [0.05, 0.1) is 11.3 Å². The molecule has 0 spiro atoms. The molecule has 2 aromatic rings. The summed E-state index contributed by atoms with van der Waals surface area (Å²) in [6.45, 7) is 1.96. The van der Waals surface area contributed by atoms with Gasteiger partial charge in [-0.3, -0.25) is 14.9 Å². The highest BCUT2D eigenvalue weighted by molar-refractivity contribution is 8.00. The number of nitro benzene ring substituents is 1. The molecule has 0 radical (unpaired) electrons. The Morgan fingerprint density at radius 1 is 1.11 bits per heavy atom. The average molecular weight is 386 g/mol. The minimum Gasteiger partial charge on any atom is -0.381 e. The standard InChI is InChI=1S/C20H22N2O4S/c23-19(14-16-6-8-17(9-7-16)22(24)25)21-15-20(10-12-26-13-11-20)27-18-4-2-1-3-5-18/h1-9H,10-15H2,(H,21,23). The number of hydrogen-bond acceptors (Lipinski definition) is 5. The molecule has 7 heteroatoms. The molecular weight excluding hydrogens is 364 g/mol. The van der Waals surface area contributed by atoms with Crippen LogP contribution in [0.4, 0.5) is 5.69 Å². The third-order valence-electron chi connectivity index (χ3n) is 4.60. The summed E-state index contributed by atoms with van der Waals surface area (Å²) in [6, 6.07) is 16.3. The van der Waals surface area contributed by atoms with Crippen LogP contribution < -0.4 is 5.32 Å². The number of rotatable bonds is 7. The number of carbonyl (C=O) groups excluding carboxylic acids is 1. The first-order valence-electron chi connectivity index (χ1n) is 8.88. The topological polar surface area (TPSA) is 81.5 Å². The fourth-order valence-electron chi connectivity index (χ4n) is 3.04. The summed E-state index contributed by atoms with van der Waals surface area (Å²) in [6.07, 6.45) is 1.97. The highest BCUT2D eigenvalue weighted by Crippen LogP contribution is 2.40. The van der Waals surface area contributed by atoms with Crippen molar-refractivity contribution in [1.29, 1.82) is 0 Å². The van der Waals surface area contributed by atoms with Crippen LogP contribution in [0.3, 0.4) is 0 Å². The monoisotopic (exact) mass is 386 g/mol. The Bertz CT molecular complexity index is 774. The maximum Gasteiger partial charge on any atom is 0.269 e. The molecular formula is C20H22N2O4S. The number of nitro groups is 1. The van der Waals surface area contributed by atoms with Gasteiger partial charge in [-0.2, -0.15) is 0 Å². The molecule has 0 atom stereocenters. The summed E-state index contributed by atoms with van der Waals surface area (Å²) in [5.41, 5.74) is 0.786. The molecule has 27 heavy (non-hydrogen) atoms. The predicted molar refractivity (Wildman–Crippen MR) is 105 cm³/mol. The Labute approximate surface area is 162 Å². The Hall–Kier alpha value is -2.38. The van der Waals surface area contributed by atoms with Crippen molar-refractivity contribution >= 4 is 23.4 Å². The number of ether oxygens (including phenoxy) is 1. The van der Waals surface area contributed by atoms with Crippen molar-refractivity contribution < 1.29 is 14.5 Å². The van der Waals surface area contributed by atoms with Crippen LogP contribution >= 0.6 is 11.8 Å². The molecule has 0 bridgehead atoms. The second-order valence-electron chi connectivity index (χ2n) is 6.59. The predicted octanol–water partition coefficient (Wildman–Crippen LogP) is 3.60. The van der Waals surface area contributed by atoms with E-state index in [1.807, 2.05) is 18.2 Å². The molecule has 3 rings (SSSR count). The molecule has 1 aliphatic heterocycles. The minimum atomic E-state index is -0.445. The van der Waals surface area contributed by atoms with Crippen LogP contribution in [-0.2, 0) is 16.0 Å². The summed E-state index contributed by atoms with van der Waals surface area (Å²) in [5, 5.41) is 13.8. The van der Waals surface area contributed by atoms with Crippen LogP contribution in [-0.4, -0.2) is 35.3 Å². The number of thioether (sulfide) groups is 1. The maximum absolute atomic E-state index is 12.4. The molecule has 142 valence electrons. The van der Waals surface area contributed by atoms with Crippen LogP contribution in [0, 0.1) is 10.1 Å². The molecule has 1 amide bonds. The normalized spacial score (nSPS) is 15.9. The first-order valence-corrected chi connectivity index (χ1v) is 9.70. The van der Waals surface area contributed by atoms with Gasteiger partial charge in [0, 0.05) is 41.5 Å². The zero-order chi connectivity index (χ0) is 19.1. The van der Waals surface area contributed by atoms with E-state index in [4.69, 9.17) is 4.74 Å². The quantitative estimate of drug-likeness (QED) is 0.581. The van der Waals surface area contributed by atoms with Gasteiger partial charge < -0.3 is 10.1 Å². The first kappa shape index (κ1) is 19.4. The van der Waals surface area contributed by atoms with Crippen molar-refractivity contribution in [3.63, 3.8) is 0 Å². The van der Waals surface area contributed by atoms with Gasteiger partial charge in [0.25, 0.3) is 5.69 Å². The molecule has 1 heterocycles. The van der Waals surface area contributed by atoms with Crippen molar-refractivity contribution in [2.24, 2.45) is 0 Å². The summed E-state index contributed by atoms with van der Waals surface area (Å²) in [4.78, 5) is 23.8. The van der Waals surface area contributed by atoms with E-state index in [2.05, 4.69) is 17.4 Å². The van der Waals surface area contributed by atoms with Crippen molar-refractivity contribution in [2.45, 2.75) is 28.9 Å². The molecule has 2 aromatic carbocycles. The van der Waals surface area contributed by atoms with Crippen LogP contribution in [0.1, 0.15) is 18.4 Å². The summed E-state index contributed by atoms with van der Waals surface area (Å²) < 4.78 is 5.44. The van der Waals surface area contributed by atoms with E-state index in [0.29, 0.717) is 19.8 Å². The van der Waals surface area contributed by atoms with Gasteiger partial charge >= 0.3 is 0 Å². The summed E-state index contributed by atoms with van der Waals surface area (Å²) in [7, 11) is 0. The van der Waals surface area contributed by atoms with E-state index in [1.165, 1.54) is 17.0 Å². The third kappa shape index (κ3) is 5.55. The molecule has 1 N–H and O–H groups in total. The molecule has 0 aromatic heterocycles. The SMILES string of the molecule is O=C(Cc1ccc([N+](=O)[O-])cc1)NCC1(Sc2ccccc2)CCOCC1. The molecule has 6 nitrogen and oxygen atoms in total. The van der Waals surface area contributed by atoms with Crippen LogP contribution in [0.5, 0.6) is 0 Å². The Balaban J connectivity index is 1.59. The van der Waals surface area contributed by atoms with Gasteiger partial charge in [-0.15, -0.1) is 11.8 Å². The number of benzene rings is 2. The van der Waals surface area contributed by atoms with E-state index in [0.717, 1.165) is 18.4 Å². The van der Waals surface area contributed by atoms with Crippen molar-refractivity contribution in [3.8, 4) is 0 Å². The Kier molecular flexibility index (Phi) is 6.47. The van der Waals surface area contributed by atoms with Gasteiger partial charge in [-0.25, -0.2) is 0 Å². The average Bonchev–Trinajstić information content (AvgIpc) is 2.68. The van der Waals surface area contributed by atoms with Crippen molar-refractivity contribution in [2.75, 3.05) is 19.8 Å². The van der Waals surface area contributed by atoms with E-state index < -0.39 is 4.92 Å². The number of non-ortho nitro benzene ring substituents is 1. The second kappa shape index (κ2) is 9.01. The fourth-order valence-corrected chi connectivity index (χ4v) is 4.35. The second-order valence-corrected chi connectivity index (χ2v) is 8.13. The van der Waals surface area contributed by atoms with E-state index >= 15 is 0 Å². The van der Waals surface area contributed by atoms with Gasteiger partial charge in [0.2, 0.25) is 5.91 Å². The summed E-state index contributed by atoms with van der Waals surface area (Å²) in [5.74, 6) is -0.0802. The lowest BCUT2D eigenvalue weighted by Gasteiger charge is -2.36. The molecule has 1 fully saturated rings. The minimum absolute atomic E-state index is 0.0274. The van der Waals surface area contributed by atoms with Crippen LogP contribution in [0.15, 0.2) is 59.5 Å². The summed E-state index contributed by atoms with van der Waals surface area (Å²) >= 11 is 1.80. The van der Waals surface area contributed by atoms with E-state index in [-0.39, 0.29) is 22.8 Å². The van der Waals surface area contributed by atoms with Crippen LogP contribution in [0.2, 0.25) is 0 Å². The van der Waals surface area contributed by atoms with Crippen molar-refractivity contribution in [3.05, 3.63) is 70.3 Å². The van der Waals surface area contributed by atoms with Gasteiger partial charge in [0.1, 0.15) is 0 Å². The lowest BCUT2D eigenvalue weighted by molar-refractivity contribution is -0.384. The highest BCUT2D eigenvalue weighted by Gasteiger charge is 2.34. The zero-order valence-electron chi connectivity index (χ0n) is 14.9. The van der Waals surface area contributed by atoms with Crippen LogP contribution in [0.25, 0.3) is 0 Å². The lowest BCUT2D eigenvalue weighted by Crippen LogP contribution is -2.44. The van der Waals surface area contributed by atoms with Gasteiger partial charge in [-0.05, 0) is 30.5 Å². The highest BCUT2D eigenvalue weighted by atomic mass is 32.2. The molecule has 0 unspecified atom stereocenters. The Morgan fingerprint density at radius 3 is 2.41 bits per heavy atom. The molecule has 1 aliphatic rings. The smallest absolute Gasteiger partial charge is 0.269 e. The van der Waals surface area contributed by atoms with Crippen molar-refractivity contribution in [1.82, 2.24) is 5.32 Å². The number of carbonyl (C=O) groups is 1. The number of nitrogens with one attached hydrogen (secondary N) is 1. The number of nitrogens with zero attached hydrogens (tertiary/aromatic N) is 1. The van der Waals surface area contributed by atoms with E-state index in [1.54, 1.807) is 23.9 Å². The molecule has 1 saturated heterocycles. The number of amides is 1. The van der Waals surface area contributed by atoms with E-state index in [9.17, 15) is 14.9 Å². The largest absolute Gasteiger partial charge is 0.381 e. The molecule has 0 saturated carbocycles. The lowest BCUT2D eigenvalue weighted by atomic mass is 9.99. The first-order chi connectivity index (χ1) is 13.1. The molecule has 0 aliphatic carbocycles. The van der Waals surface area contributed by atoms with Gasteiger partial charge in [-0.1, -0.05) is 30.3 Å². The number of hydrogen-bond donors (Lipinski definition) is 1. The third-order valence-corrected chi connectivity index (χ3v) is 6.09.